The first kappa shape index (κ1) is 11.8. The van der Waals surface area contributed by atoms with E-state index < -0.39 is 23.8 Å². The van der Waals surface area contributed by atoms with Gasteiger partial charge < -0.3 is 9.47 Å². The number of esters is 3. The second-order valence-electron chi connectivity index (χ2n) is 4.56. The molecule has 0 aliphatic carbocycles. The minimum atomic E-state index is -0.501. The number of hydrogen-bond acceptors (Lipinski definition) is 6. The summed E-state index contributed by atoms with van der Waals surface area (Å²) in [6.45, 7) is 1.82. The van der Waals surface area contributed by atoms with Crippen molar-refractivity contribution >= 4 is 23.8 Å². The smallest absolute Gasteiger partial charge is 0.317 e. The molecule has 0 radical (unpaired) electrons. The largest absolute Gasteiger partial charge is 0.412 e. The van der Waals surface area contributed by atoms with Crippen molar-refractivity contribution in [2.45, 2.75) is 26.2 Å². The first-order valence-electron chi connectivity index (χ1n) is 5.51. The summed E-state index contributed by atoms with van der Waals surface area (Å²) in [5.74, 6) is -2.28. The molecular formula is C11H13NO5. The van der Waals surface area contributed by atoms with Crippen molar-refractivity contribution in [2.24, 2.45) is 17.8 Å². The molecule has 0 aromatic rings. The Morgan fingerprint density at radius 1 is 1.24 bits per heavy atom. The zero-order chi connectivity index (χ0) is 12.6. The van der Waals surface area contributed by atoms with E-state index in [9.17, 15) is 14.4 Å². The third-order valence-corrected chi connectivity index (χ3v) is 3.25. The van der Waals surface area contributed by atoms with Gasteiger partial charge in [0, 0.05) is 5.92 Å². The maximum atomic E-state index is 11.4. The van der Waals surface area contributed by atoms with Gasteiger partial charge in [-0.15, -0.1) is 0 Å². The lowest BCUT2D eigenvalue weighted by molar-refractivity contribution is -0.153. The lowest BCUT2D eigenvalue weighted by Gasteiger charge is -2.17. The fraction of sp³-hybridized carbons (Fsp3) is 0.636. The predicted octanol–water partition coefficient (Wildman–Crippen LogP) is 0.643. The topological polar surface area (TPSA) is 93.5 Å². The van der Waals surface area contributed by atoms with Crippen molar-refractivity contribution in [3.8, 4) is 0 Å². The Morgan fingerprint density at radius 2 is 1.88 bits per heavy atom. The summed E-state index contributed by atoms with van der Waals surface area (Å²) in [6, 6.07) is 0. The maximum absolute atomic E-state index is 11.4. The van der Waals surface area contributed by atoms with Gasteiger partial charge in [-0.3, -0.25) is 19.8 Å². The molecule has 0 amide bonds. The predicted molar refractivity (Wildman–Crippen MR) is 54.9 cm³/mol. The molecular weight excluding hydrogens is 226 g/mol. The van der Waals surface area contributed by atoms with Gasteiger partial charge in [-0.25, -0.2) is 0 Å². The zero-order valence-corrected chi connectivity index (χ0v) is 9.39. The minimum absolute atomic E-state index is 0.0421. The molecule has 3 atom stereocenters. The molecule has 2 aliphatic rings. The molecule has 2 fully saturated rings. The SMILES string of the molecule is CC(C[C@H]1CC(=O)OC1=N)C1CC(=O)OC1=O. The maximum Gasteiger partial charge on any atom is 0.317 e. The molecule has 2 saturated heterocycles. The molecule has 2 aliphatic heterocycles. The van der Waals surface area contributed by atoms with E-state index >= 15 is 0 Å². The number of carbonyl (C=O) groups excluding carboxylic acids is 3. The van der Waals surface area contributed by atoms with E-state index in [1.54, 1.807) is 0 Å². The van der Waals surface area contributed by atoms with Gasteiger partial charge in [-0.1, -0.05) is 6.92 Å². The molecule has 2 rings (SSSR count). The highest BCUT2D eigenvalue weighted by Crippen LogP contribution is 2.32. The normalized spacial score (nSPS) is 30.4. The number of nitrogens with one attached hydrogen (secondary N) is 1. The molecule has 6 nitrogen and oxygen atoms in total. The van der Waals surface area contributed by atoms with Crippen LogP contribution in [0.15, 0.2) is 0 Å². The van der Waals surface area contributed by atoms with Crippen LogP contribution in [-0.4, -0.2) is 23.8 Å². The molecule has 0 aromatic heterocycles. The van der Waals surface area contributed by atoms with Gasteiger partial charge in [0.1, 0.15) is 0 Å². The van der Waals surface area contributed by atoms with Gasteiger partial charge >= 0.3 is 17.9 Å². The van der Waals surface area contributed by atoms with Crippen LogP contribution in [0.25, 0.3) is 0 Å². The molecule has 6 heteroatoms. The van der Waals surface area contributed by atoms with Gasteiger partial charge in [0.15, 0.2) is 5.90 Å². The Kier molecular flexibility index (Phi) is 2.95. The summed E-state index contributed by atoms with van der Waals surface area (Å²) in [5.41, 5.74) is 0. The molecule has 17 heavy (non-hydrogen) atoms. The van der Waals surface area contributed by atoms with Crippen molar-refractivity contribution < 1.29 is 23.9 Å². The summed E-state index contributed by atoms with van der Waals surface area (Å²) in [5, 5.41) is 7.46. The third-order valence-electron chi connectivity index (χ3n) is 3.25. The van der Waals surface area contributed by atoms with Crippen LogP contribution in [0.2, 0.25) is 0 Å². The number of hydrogen-bond donors (Lipinski definition) is 1. The Morgan fingerprint density at radius 3 is 2.35 bits per heavy atom. The number of cyclic esters (lactones) is 3. The van der Waals surface area contributed by atoms with Crippen LogP contribution in [0.5, 0.6) is 0 Å². The average Bonchev–Trinajstić information content (AvgIpc) is 2.70. The van der Waals surface area contributed by atoms with Crippen molar-refractivity contribution in [1.82, 2.24) is 0 Å². The Balaban J connectivity index is 1.95. The van der Waals surface area contributed by atoms with Crippen LogP contribution in [0.3, 0.4) is 0 Å². The minimum Gasteiger partial charge on any atom is -0.412 e. The number of rotatable bonds is 3. The standard InChI is InChI=1S/C11H13NO5/c1-5(7-4-9(14)17-11(7)15)2-6-3-8(13)16-10(6)12/h5-7,12H,2-4H2,1H3/t5?,6-,7?/m0/s1. The van der Waals surface area contributed by atoms with E-state index in [2.05, 4.69) is 9.47 Å². The summed E-state index contributed by atoms with van der Waals surface area (Å²) in [7, 11) is 0. The molecule has 1 N–H and O–H groups in total. The molecule has 0 spiro atoms. The molecule has 92 valence electrons. The van der Waals surface area contributed by atoms with Crippen LogP contribution >= 0.6 is 0 Å². The highest BCUT2D eigenvalue weighted by atomic mass is 16.6. The van der Waals surface area contributed by atoms with Gasteiger partial charge in [0.25, 0.3) is 0 Å². The molecule has 2 unspecified atom stereocenters. The highest BCUT2D eigenvalue weighted by Gasteiger charge is 2.40. The first-order chi connectivity index (χ1) is 7.97. The van der Waals surface area contributed by atoms with E-state index in [1.165, 1.54) is 0 Å². The Hall–Kier alpha value is -1.72. The van der Waals surface area contributed by atoms with Crippen molar-refractivity contribution in [3.63, 3.8) is 0 Å². The number of carbonyl (C=O) groups is 3. The fourth-order valence-electron chi connectivity index (χ4n) is 2.27. The summed E-state index contributed by atoms with van der Waals surface area (Å²) in [4.78, 5) is 33.3. The van der Waals surface area contributed by atoms with Crippen LogP contribution in [0.4, 0.5) is 0 Å². The van der Waals surface area contributed by atoms with Crippen LogP contribution < -0.4 is 0 Å². The summed E-state index contributed by atoms with van der Waals surface area (Å²) in [6.07, 6.45) is 0.755. The second kappa shape index (κ2) is 4.27. The third kappa shape index (κ3) is 2.35. The second-order valence-corrected chi connectivity index (χ2v) is 4.56. The monoisotopic (exact) mass is 239 g/mol. The van der Waals surface area contributed by atoms with E-state index in [0.29, 0.717) is 6.42 Å². The molecule has 0 saturated carbocycles. The van der Waals surface area contributed by atoms with Gasteiger partial charge in [0.05, 0.1) is 18.8 Å². The summed E-state index contributed by atoms with van der Waals surface area (Å²) < 4.78 is 9.12. The van der Waals surface area contributed by atoms with Gasteiger partial charge in [-0.05, 0) is 12.3 Å². The van der Waals surface area contributed by atoms with Crippen molar-refractivity contribution in [3.05, 3.63) is 0 Å². The van der Waals surface area contributed by atoms with Crippen LogP contribution in [-0.2, 0) is 23.9 Å². The van der Waals surface area contributed by atoms with E-state index in [-0.39, 0.29) is 30.6 Å². The lowest BCUT2D eigenvalue weighted by Crippen LogP contribution is -2.21. The molecule has 0 bridgehead atoms. The molecule has 2 heterocycles. The fourth-order valence-corrected chi connectivity index (χ4v) is 2.27. The Labute approximate surface area is 97.8 Å². The van der Waals surface area contributed by atoms with E-state index in [4.69, 9.17) is 5.41 Å². The Bertz CT molecular complexity index is 403. The van der Waals surface area contributed by atoms with Gasteiger partial charge in [-0.2, -0.15) is 0 Å². The lowest BCUT2D eigenvalue weighted by atomic mass is 9.84. The average molecular weight is 239 g/mol. The van der Waals surface area contributed by atoms with Crippen molar-refractivity contribution in [1.29, 1.82) is 5.41 Å². The van der Waals surface area contributed by atoms with Crippen LogP contribution in [0, 0.1) is 23.2 Å². The van der Waals surface area contributed by atoms with Crippen molar-refractivity contribution in [2.75, 3.05) is 0 Å². The quantitative estimate of drug-likeness (QED) is 0.576. The zero-order valence-electron chi connectivity index (χ0n) is 9.39. The van der Waals surface area contributed by atoms with Gasteiger partial charge in [0.2, 0.25) is 0 Å². The first-order valence-corrected chi connectivity index (χ1v) is 5.51. The summed E-state index contributed by atoms with van der Waals surface area (Å²) >= 11 is 0. The molecule has 0 aromatic carbocycles. The highest BCUT2D eigenvalue weighted by molar-refractivity contribution is 5.96. The van der Waals surface area contributed by atoms with E-state index in [1.807, 2.05) is 6.92 Å². The number of ether oxygens (including phenoxy) is 2. The van der Waals surface area contributed by atoms with E-state index in [0.717, 1.165) is 0 Å². The van der Waals surface area contributed by atoms with Crippen LogP contribution in [0.1, 0.15) is 26.2 Å².